The summed E-state index contributed by atoms with van der Waals surface area (Å²) in [5.74, 6) is 2.25. The van der Waals surface area contributed by atoms with Gasteiger partial charge in [-0.05, 0) is 86.8 Å². The third-order valence-corrected chi connectivity index (χ3v) is 6.36. The highest BCUT2D eigenvalue weighted by Crippen LogP contribution is 2.43. The molecule has 1 aromatic rings. The van der Waals surface area contributed by atoms with Crippen LogP contribution in [0.5, 0.6) is 0 Å². The van der Waals surface area contributed by atoms with Crippen LogP contribution in [0.3, 0.4) is 0 Å². The van der Waals surface area contributed by atoms with Crippen molar-refractivity contribution in [1.29, 1.82) is 0 Å². The minimum atomic E-state index is -0.123. The van der Waals surface area contributed by atoms with Crippen LogP contribution in [-0.4, -0.2) is 12.1 Å². The van der Waals surface area contributed by atoms with E-state index in [1.807, 2.05) is 12.1 Å². The smallest absolute Gasteiger partial charge is 0.309 e. The number of hydrogen-bond donors (Lipinski definition) is 0. The van der Waals surface area contributed by atoms with Crippen LogP contribution >= 0.6 is 11.6 Å². The topological polar surface area (TPSA) is 26.3 Å². The zero-order valence-electron chi connectivity index (χ0n) is 15.0. The molecular weight excluding hydrogens is 332 g/mol. The van der Waals surface area contributed by atoms with Crippen molar-refractivity contribution in [2.45, 2.75) is 69.8 Å². The van der Waals surface area contributed by atoms with Crippen molar-refractivity contribution >= 4 is 17.6 Å². The fourth-order valence-electron chi connectivity index (χ4n) is 4.69. The lowest BCUT2D eigenvalue weighted by molar-refractivity contribution is -0.150. The molecule has 2 saturated carbocycles. The summed E-state index contributed by atoms with van der Waals surface area (Å²) in [6.07, 6.45) is 11.8. The number of carbonyl (C=O) groups excluding carboxylic acids is 1. The SMILES string of the molecule is C=CCC(=O)OC1CCC(C2CCC(c3ccc(Cl)cc3)CC2)CC1. The Hall–Kier alpha value is -1.28. The quantitative estimate of drug-likeness (QED) is 0.455. The Morgan fingerprint density at radius 3 is 2.12 bits per heavy atom. The maximum atomic E-state index is 11.6. The Kier molecular flexibility index (Phi) is 6.58. The first-order valence-corrected chi connectivity index (χ1v) is 10.1. The van der Waals surface area contributed by atoms with E-state index in [1.165, 1.54) is 44.1 Å². The highest BCUT2D eigenvalue weighted by Gasteiger charge is 2.32. The lowest BCUT2D eigenvalue weighted by Crippen LogP contribution is -2.29. The second kappa shape index (κ2) is 8.89. The van der Waals surface area contributed by atoms with Crippen molar-refractivity contribution in [3.05, 3.63) is 47.5 Å². The fourth-order valence-corrected chi connectivity index (χ4v) is 4.81. The molecule has 3 rings (SSSR count). The molecule has 2 aliphatic carbocycles. The van der Waals surface area contributed by atoms with E-state index in [2.05, 4.69) is 18.7 Å². The number of ether oxygens (including phenoxy) is 1. The maximum Gasteiger partial charge on any atom is 0.309 e. The summed E-state index contributed by atoms with van der Waals surface area (Å²) in [6.45, 7) is 3.59. The van der Waals surface area contributed by atoms with Crippen LogP contribution in [-0.2, 0) is 9.53 Å². The maximum absolute atomic E-state index is 11.6. The van der Waals surface area contributed by atoms with Gasteiger partial charge in [0.1, 0.15) is 6.10 Å². The van der Waals surface area contributed by atoms with E-state index in [-0.39, 0.29) is 12.1 Å². The van der Waals surface area contributed by atoms with Gasteiger partial charge in [0, 0.05) is 5.02 Å². The monoisotopic (exact) mass is 360 g/mol. The second-order valence-electron chi connectivity index (χ2n) is 7.68. The van der Waals surface area contributed by atoms with Crippen molar-refractivity contribution in [3.63, 3.8) is 0 Å². The first-order chi connectivity index (χ1) is 12.2. The van der Waals surface area contributed by atoms with Gasteiger partial charge >= 0.3 is 5.97 Å². The zero-order chi connectivity index (χ0) is 17.6. The molecule has 0 bridgehead atoms. The van der Waals surface area contributed by atoms with Crippen molar-refractivity contribution in [2.75, 3.05) is 0 Å². The highest BCUT2D eigenvalue weighted by atomic mass is 35.5. The highest BCUT2D eigenvalue weighted by molar-refractivity contribution is 6.30. The number of rotatable bonds is 5. The van der Waals surface area contributed by atoms with Gasteiger partial charge < -0.3 is 4.74 Å². The summed E-state index contributed by atoms with van der Waals surface area (Å²) < 4.78 is 5.53. The lowest BCUT2D eigenvalue weighted by Gasteiger charge is -2.37. The molecule has 0 atom stereocenters. The summed E-state index contributed by atoms with van der Waals surface area (Å²) in [7, 11) is 0. The molecule has 0 amide bonds. The number of carbonyl (C=O) groups is 1. The van der Waals surface area contributed by atoms with E-state index in [1.54, 1.807) is 6.08 Å². The molecule has 2 nitrogen and oxygen atoms in total. The molecule has 2 aliphatic rings. The minimum absolute atomic E-state index is 0.123. The van der Waals surface area contributed by atoms with Crippen LogP contribution in [0.15, 0.2) is 36.9 Å². The molecular formula is C22H29ClO2. The molecule has 0 radical (unpaired) electrons. The van der Waals surface area contributed by atoms with Crippen LogP contribution in [0.25, 0.3) is 0 Å². The molecule has 1 aromatic carbocycles. The molecule has 3 heteroatoms. The van der Waals surface area contributed by atoms with Crippen LogP contribution in [0, 0.1) is 11.8 Å². The lowest BCUT2D eigenvalue weighted by atomic mass is 9.69. The van der Waals surface area contributed by atoms with Gasteiger partial charge in [-0.25, -0.2) is 0 Å². The van der Waals surface area contributed by atoms with E-state index in [0.717, 1.165) is 29.7 Å². The summed E-state index contributed by atoms with van der Waals surface area (Å²) in [4.78, 5) is 11.6. The Balaban J connectivity index is 1.42. The summed E-state index contributed by atoms with van der Waals surface area (Å²) in [6, 6.07) is 8.40. The Labute approximate surface area is 156 Å². The van der Waals surface area contributed by atoms with Crippen molar-refractivity contribution in [3.8, 4) is 0 Å². The summed E-state index contributed by atoms with van der Waals surface area (Å²) in [5.41, 5.74) is 1.45. The molecule has 2 fully saturated rings. The molecule has 136 valence electrons. The molecule has 0 aromatic heterocycles. The molecule has 0 unspecified atom stereocenters. The standard InChI is InChI=1S/C22H29ClO2/c1-2-3-22(24)25-21-14-10-19(11-15-21)17-6-4-16(5-7-17)18-8-12-20(23)13-9-18/h2,8-9,12-13,16-17,19,21H,1,3-7,10-11,14-15H2. The number of halogens is 1. The van der Waals surface area contributed by atoms with Crippen molar-refractivity contribution < 1.29 is 9.53 Å². The molecule has 25 heavy (non-hydrogen) atoms. The fraction of sp³-hybridized carbons (Fsp3) is 0.591. The zero-order valence-corrected chi connectivity index (χ0v) is 15.7. The average molecular weight is 361 g/mol. The summed E-state index contributed by atoms with van der Waals surface area (Å²) >= 11 is 6.00. The van der Waals surface area contributed by atoms with Crippen LogP contribution in [0.1, 0.15) is 69.3 Å². The average Bonchev–Trinajstić information content (AvgIpc) is 2.63. The molecule has 0 aliphatic heterocycles. The first-order valence-electron chi connectivity index (χ1n) is 9.71. The number of hydrogen-bond acceptors (Lipinski definition) is 2. The van der Waals surface area contributed by atoms with E-state index >= 15 is 0 Å². The Morgan fingerprint density at radius 1 is 1.00 bits per heavy atom. The minimum Gasteiger partial charge on any atom is -0.462 e. The summed E-state index contributed by atoms with van der Waals surface area (Å²) in [5, 5.41) is 0.822. The van der Waals surface area contributed by atoms with Gasteiger partial charge in [0.25, 0.3) is 0 Å². The molecule has 0 saturated heterocycles. The Morgan fingerprint density at radius 2 is 1.56 bits per heavy atom. The molecule has 0 heterocycles. The van der Waals surface area contributed by atoms with Gasteiger partial charge in [-0.1, -0.05) is 29.8 Å². The van der Waals surface area contributed by atoms with Gasteiger partial charge in [-0.3, -0.25) is 4.79 Å². The Bertz CT molecular complexity index is 564. The second-order valence-corrected chi connectivity index (χ2v) is 8.12. The molecule has 0 spiro atoms. The van der Waals surface area contributed by atoms with Gasteiger partial charge in [0.05, 0.1) is 6.42 Å². The normalized spacial score (nSPS) is 29.8. The first kappa shape index (κ1) is 18.5. The third-order valence-electron chi connectivity index (χ3n) is 6.11. The predicted octanol–water partition coefficient (Wildman–Crippen LogP) is 6.29. The van der Waals surface area contributed by atoms with E-state index < -0.39 is 0 Å². The van der Waals surface area contributed by atoms with Crippen LogP contribution in [0.2, 0.25) is 5.02 Å². The van der Waals surface area contributed by atoms with Crippen LogP contribution < -0.4 is 0 Å². The van der Waals surface area contributed by atoms with Gasteiger partial charge in [-0.2, -0.15) is 0 Å². The number of esters is 1. The van der Waals surface area contributed by atoms with Gasteiger partial charge in [0.15, 0.2) is 0 Å². The largest absolute Gasteiger partial charge is 0.462 e. The van der Waals surface area contributed by atoms with Crippen molar-refractivity contribution in [2.24, 2.45) is 11.8 Å². The van der Waals surface area contributed by atoms with E-state index in [0.29, 0.717) is 12.3 Å². The van der Waals surface area contributed by atoms with Crippen LogP contribution in [0.4, 0.5) is 0 Å². The third kappa shape index (κ3) is 5.10. The predicted molar refractivity (Wildman–Crippen MR) is 103 cm³/mol. The number of benzene rings is 1. The van der Waals surface area contributed by atoms with E-state index in [4.69, 9.17) is 16.3 Å². The molecule has 0 N–H and O–H groups in total. The van der Waals surface area contributed by atoms with Crippen molar-refractivity contribution in [1.82, 2.24) is 0 Å². The van der Waals surface area contributed by atoms with E-state index in [9.17, 15) is 4.79 Å². The van der Waals surface area contributed by atoms with Gasteiger partial charge in [-0.15, -0.1) is 6.58 Å². The van der Waals surface area contributed by atoms with Gasteiger partial charge in [0.2, 0.25) is 0 Å².